The van der Waals surface area contributed by atoms with Crippen LogP contribution in [-0.2, 0) is 16.1 Å². The summed E-state index contributed by atoms with van der Waals surface area (Å²) in [5.41, 5.74) is 8.32. The number of fused-ring (bicyclic) bond motifs is 1. The largest absolute Gasteiger partial charge is 0.369 e. The number of nitrogens with one attached hydrogen (secondary N) is 1. The van der Waals surface area contributed by atoms with E-state index >= 15 is 0 Å². The molecule has 0 bridgehead atoms. The smallest absolute Gasteiger partial charge is 0.234 e. The number of carbonyl (C=O) groups is 2. The van der Waals surface area contributed by atoms with Crippen LogP contribution in [0.25, 0.3) is 10.2 Å². The molecule has 0 spiro atoms. The topological polar surface area (TPSA) is 88.3 Å². The van der Waals surface area contributed by atoms with E-state index in [0.29, 0.717) is 18.8 Å². The fourth-order valence-corrected chi connectivity index (χ4v) is 5.55. The Labute approximate surface area is 183 Å². The number of carbonyl (C=O) groups excluding carboxylic acids is 2. The first-order valence-corrected chi connectivity index (χ1v) is 11.8. The van der Waals surface area contributed by atoms with E-state index in [0.717, 1.165) is 45.2 Å². The van der Waals surface area contributed by atoms with Crippen molar-refractivity contribution in [1.82, 2.24) is 9.88 Å². The molecule has 1 unspecified atom stereocenters. The van der Waals surface area contributed by atoms with E-state index in [1.54, 1.807) is 11.3 Å². The van der Waals surface area contributed by atoms with Crippen molar-refractivity contribution in [1.29, 1.82) is 0 Å². The monoisotopic (exact) mass is 440 g/mol. The van der Waals surface area contributed by atoms with Gasteiger partial charge in [-0.05, 0) is 43.1 Å². The van der Waals surface area contributed by atoms with Crippen molar-refractivity contribution in [2.75, 3.05) is 24.2 Å². The lowest BCUT2D eigenvalue weighted by Gasteiger charge is -2.31. The van der Waals surface area contributed by atoms with Crippen LogP contribution in [0.2, 0.25) is 0 Å². The minimum atomic E-state index is -0.229. The third kappa shape index (κ3) is 5.19. The molecule has 1 aliphatic heterocycles. The SMILES string of the molecule is NC(=O)C1CCCN(Cc2ccccc2NC(=O)CSc2nc3ccccc3s2)C1. The number of piperidine rings is 1. The van der Waals surface area contributed by atoms with E-state index in [1.807, 2.05) is 48.5 Å². The van der Waals surface area contributed by atoms with E-state index in [1.165, 1.54) is 11.8 Å². The Morgan fingerprint density at radius 2 is 2.00 bits per heavy atom. The second-order valence-electron chi connectivity index (χ2n) is 7.42. The van der Waals surface area contributed by atoms with Crippen molar-refractivity contribution >= 4 is 50.8 Å². The van der Waals surface area contributed by atoms with Crippen molar-refractivity contribution in [2.45, 2.75) is 23.7 Å². The van der Waals surface area contributed by atoms with Gasteiger partial charge in [-0.15, -0.1) is 11.3 Å². The number of thioether (sulfide) groups is 1. The Morgan fingerprint density at radius 1 is 1.20 bits per heavy atom. The molecule has 2 aromatic carbocycles. The molecule has 2 amide bonds. The highest BCUT2D eigenvalue weighted by Gasteiger charge is 2.24. The molecule has 0 radical (unpaired) electrons. The molecule has 1 saturated heterocycles. The number of benzene rings is 2. The fraction of sp³-hybridized carbons (Fsp3) is 0.318. The highest BCUT2D eigenvalue weighted by atomic mass is 32.2. The first-order chi connectivity index (χ1) is 14.6. The third-order valence-electron chi connectivity index (χ3n) is 5.19. The normalized spacial score (nSPS) is 17.1. The van der Waals surface area contributed by atoms with Crippen LogP contribution in [0.4, 0.5) is 5.69 Å². The van der Waals surface area contributed by atoms with E-state index in [4.69, 9.17) is 5.73 Å². The van der Waals surface area contributed by atoms with Crippen molar-refractivity contribution in [3.05, 3.63) is 54.1 Å². The molecule has 156 valence electrons. The van der Waals surface area contributed by atoms with Gasteiger partial charge in [0.1, 0.15) is 0 Å². The molecule has 0 saturated carbocycles. The van der Waals surface area contributed by atoms with Crippen LogP contribution in [0.15, 0.2) is 52.9 Å². The number of hydrogen-bond acceptors (Lipinski definition) is 6. The van der Waals surface area contributed by atoms with Crippen LogP contribution in [0, 0.1) is 5.92 Å². The van der Waals surface area contributed by atoms with Crippen LogP contribution >= 0.6 is 23.1 Å². The number of thiazole rings is 1. The van der Waals surface area contributed by atoms with Gasteiger partial charge in [0.15, 0.2) is 4.34 Å². The number of hydrogen-bond donors (Lipinski definition) is 2. The Balaban J connectivity index is 1.36. The number of primary amides is 1. The lowest BCUT2D eigenvalue weighted by Crippen LogP contribution is -2.40. The predicted molar refractivity (Wildman–Crippen MR) is 123 cm³/mol. The molecule has 8 heteroatoms. The standard InChI is InChI=1S/C22H24N4O2S2/c23-21(28)16-7-5-11-26(13-16)12-15-6-1-2-8-17(15)24-20(27)14-29-22-25-18-9-3-4-10-19(18)30-22/h1-4,6,8-10,16H,5,7,11-14H2,(H2,23,28)(H,24,27). The van der Waals surface area contributed by atoms with Crippen LogP contribution < -0.4 is 11.1 Å². The predicted octanol–water partition coefficient (Wildman–Crippen LogP) is 3.72. The number of anilines is 1. The fourth-order valence-electron chi connectivity index (χ4n) is 3.68. The summed E-state index contributed by atoms with van der Waals surface area (Å²) < 4.78 is 2.02. The summed E-state index contributed by atoms with van der Waals surface area (Å²) >= 11 is 3.05. The highest BCUT2D eigenvalue weighted by Crippen LogP contribution is 2.29. The first kappa shape index (κ1) is 20.8. The number of nitrogens with two attached hydrogens (primary N) is 1. The number of nitrogens with zero attached hydrogens (tertiary/aromatic N) is 2. The van der Waals surface area contributed by atoms with E-state index in [2.05, 4.69) is 15.2 Å². The van der Waals surface area contributed by atoms with Gasteiger partial charge < -0.3 is 11.1 Å². The molecule has 2 heterocycles. The molecule has 0 aliphatic carbocycles. The molecule has 30 heavy (non-hydrogen) atoms. The zero-order valence-corrected chi connectivity index (χ0v) is 18.2. The lowest BCUT2D eigenvalue weighted by atomic mass is 9.97. The second-order valence-corrected chi connectivity index (χ2v) is 9.67. The third-order valence-corrected chi connectivity index (χ3v) is 7.37. The Kier molecular flexibility index (Phi) is 6.66. The molecule has 1 atom stereocenters. The van der Waals surface area contributed by atoms with Crippen LogP contribution in [0.3, 0.4) is 0 Å². The van der Waals surface area contributed by atoms with Gasteiger partial charge in [0.05, 0.1) is 21.9 Å². The van der Waals surface area contributed by atoms with E-state index in [9.17, 15) is 9.59 Å². The number of aromatic nitrogens is 1. The molecule has 1 aromatic heterocycles. The maximum Gasteiger partial charge on any atom is 0.234 e. The van der Waals surface area contributed by atoms with Crippen molar-refractivity contribution in [2.24, 2.45) is 11.7 Å². The Bertz CT molecular complexity index is 1020. The van der Waals surface area contributed by atoms with Gasteiger partial charge in [-0.3, -0.25) is 14.5 Å². The first-order valence-electron chi connectivity index (χ1n) is 9.96. The molecular formula is C22H24N4O2S2. The average Bonchev–Trinajstić information content (AvgIpc) is 3.17. The summed E-state index contributed by atoms with van der Waals surface area (Å²) in [6.07, 6.45) is 1.81. The molecular weight excluding hydrogens is 416 g/mol. The van der Waals surface area contributed by atoms with Crippen molar-refractivity contribution in [3.8, 4) is 0 Å². The van der Waals surface area contributed by atoms with Crippen LogP contribution in [-0.4, -0.2) is 40.5 Å². The van der Waals surface area contributed by atoms with Gasteiger partial charge in [0.2, 0.25) is 11.8 Å². The summed E-state index contributed by atoms with van der Waals surface area (Å²) in [6, 6.07) is 15.8. The van der Waals surface area contributed by atoms with Gasteiger partial charge in [-0.25, -0.2) is 4.98 Å². The van der Waals surface area contributed by atoms with Gasteiger partial charge in [-0.2, -0.15) is 0 Å². The maximum absolute atomic E-state index is 12.6. The number of likely N-dealkylation sites (tertiary alicyclic amines) is 1. The average molecular weight is 441 g/mol. The molecule has 4 rings (SSSR count). The zero-order valence-electron chi connectivity index (χ0n) is 16.5. The van der Waals surface area contributed by atoms with Gasteiger partial charge in [0.25, 0.3) is 0 Å². The summed E-state index contributed by atoms with van der Waals surface area (Å²) in [5.74, 6) is -0.0685. The minimum absolute atomic E-state index is 0.0552. The van der Waals surface area contributed by atoms with E-state index < -0.39 is 0 Å². The molecule has 3 aromatic rings. The van der Waals surface area contributed by atoms with Crippen molar-refractivity contribution < 1.29 is 9.59 Å². The van der Waals surface area contributed by atoms with Crippen LogP contribution in [0.5, 0.6) is 0 Å². The van der Waals surface area contributed by atoms with Crippen molar-refractivity contribution in [3.63, 3.8) is 0 Å². The highest BCUT2D eigenvalue weighted by molar-refractivity contribution is 8.01. The summed E-state index contributed by atoms with van der Waals surface area (Å²) in [6.45, 7) is 2.29. The minimum Gasteiger partial charge on any atom is -0.369 e. The number of para-hydroxylation sites is 2. The Morgan fingerprint density at radius 3 is 2.83 bits per heavy atom. The molecule has 6 nitrogen and oxygen atoms in total. The quantitative estimate of drug-likeness (QED) is 0.547. The zero-order chi connectivity index (χ0) is 20.9. The van der Waals surface area contributed by atoms with Gasteiger partial charge in [-0.1, -0.05) is 42.1 Å². The number of rotatable bonds is 7. The second kappa shape index (κ2) is 9.59. The Hall–Kier alpha value is -2.42. The summed E-state index contributed by atoms with van der Waals surface area (Å²) in [4.78, 5) is 30.9. The molecule has 3 N–H and O–H groups in total. The molecule has 1 aliphatic rings. The lowest BCUT2D eigenvalue weighted by molar-refractivity contribution is -0.123. The molecule has 1 fully saturated rings. The van der Waals surface area contributed by atoms with Gasteiger partial charge in [0, 0.05) is 18.8 Å². The van der Waals surface area contributed by atoms with Gasteiger partial charge >= 0.3 is 0 Å². The summed E-state index contributed by atoms with van der Waals surface area (Å²) in [7, 11) is 0. The maximum atomic E-state index is 12.6. The van der Waals surface area contributed by atoms with Crippen LogP contribution in [0.1, 0.15) is 18.4 Å². The summed E-state index contributed by atoms with van der Waals surface area (Å²) in [5, 5.41) is 3.04. The van der Waals surface area contributed by atoms with E-state index in [-0.39, 0.29) is 17.7 Å². The number of amides is 2.